The standard InChI is InChI=1S/C22H17F2N3O3S/c23-15-5-6-18-16(11-15)14(12-26-18)10-20(28)25-7-8-27-21(29)19(31-22(27)30)9-13-3-1-2-4-17(13)24/h1-6,9,11-12,26H,7-8,10H2,(H,25,28). The number of nitrogens with one attached hydrogen (secondary N) is 2. The first kappa shape index (κ1) is 20.8. The van der Waals surface area contributed by atoms with E-state index in [1.807, 2.05) is 0 Å². The summed E-state index contributed by atoms with van der Waals surface area (Å²) in [5.41, 5.74) is 1.59. The van der Waals surface area contributed by atoms with Crippen LogP contribution in [0.15, 0.2) is 53.6 Å². The highest BCUT2D eigenvalue weighted by Crippen LogP contribution is 2.32. The summed E-state index contributed by atoms with van der Waals surface area (Å²) in [6.45, 7) is 0.0636. The van der Waals surface area contributed by atoms with Crippen LogP contribution in [0, 0.1) is 11.6 Å². The van der Waals surface area contributed by atoms with Crippen molar-refractivity contribution < 1.29 is 23.2 Å². The summed E-state index contributed by atoms with van der Waals surface area (Å²) < 4.78 is 27.3. The molecule has 2 heterocycles. The van der Waals surface area contributed by atoms with Crippen molar-refractivity contribution in [2.45, 2.75) is 6.42 Å². The van der Waals surface area contributed by atoms with E-state index in [4.69, 9.17) is 0 Å². The number of fused-ring (bicyclic) bond motifs is 1. The van der Waals surface area contributed by atoms with E-state index in [-0.39, 0.29) is 35.9 Å². The van der Waals surface area contributed by atoms with Crippen LogP contribution < -0.4 is 5.32 Å². The summed E-state index contributed by atoms with van der Waals surface area (Å²) in [5.74, 6) is -1.73. The smallest absolute Gasteiger partial charge is 0.293 e. The molecule has 0 unspecified atom stereocenters. The number of carbonyl (C=O) groups excluding carboxylic acids is 3. The maximum absolute atomic E-state index is 13.8. The number of nitrogens with zero attached hydrogens (tertiary/aromatic N) is 1. The molecular weight excluding hydrogens is 424 g/mol. The Morgan fingerprint density at radius 2 is 1.97 bits per heavy atom. The zero-order chi connectivity index (χ0) is 22.0. The minimum Gasteiger partial charge on any atom is -0.361 e. The molecule has 1 aliphatic heterocycles. The molecule has 1 saturated heterocycles. The fourth-order valence-electron chi connectivity index (χ4n) is 3.27. The summed E-state index contributed by atoms with van der Waals surface area (Å²) in [6, 6.07) is 10.2. The average Bonchev–Trinajstić information content (AvgIpc) is 3.24. The largest absolute Gasteiger partial charge is 0.361 e. The fraction of sp³-hybridized carbons (Fsp3) is 0.136. The van der Waals surface area contributed by atoms with Gasteiger partial charge >= 0.3 is 0 Å². The van der Waals surface area contributed by atoms with Gasteiger partial charge in [0.25, 0.3) is 11.1 Å². The predicted molar refractivity (Wildman–Crippen MR) is 114 cm³/mol. The van der Waals surface area contributed by atoms with Crippen molar-refractivity contribution in [1.82, 2.24) is 15.2 Å². The zero-order valence-electron chi connectivity index (χ0n) is 16.2. The highest BCUT2D eigenvalue weighted by atomic mass is 32.2. The van der Waals surface area contributed by atoms with Gasteiger partial charge in [0, 0.05) is 35.8 Å². The molecule has 3 aromatic rings. The molecule has 1 fully saturated rings. The summed E-state index contributed by atoms with van der Waals surface area (Å²) in [5, 5.41) is 2.81. The van der Waals surface area contributed by atoms with Gasteiger partial charge in [0.2, 0.25) is 5.91 Å². The molecule has 0 radical (unpaired) electrons. The van der Waals surface area contributed by atoms with Crippen molar-refractivity contribution in [3.05, 3.63) is 76.3 Å². The van der Waals surface area contributed by atoms with Crippen molar-refractivity contribution >= 4 is 45.8 Å². The number of hydrogen-bond donors (Lipinski definition) is 2. The van der Waals surface area contributed by atoms with Gasteiger partial charge in [-0.2, -0.15) is 0 Å². The summed E-state index contributed by atoms with van der Waals surface area (Å²) in [4.78, 5) is 41.0. The highest BCUT2D eigenvalue weighted by Gasteiger charge is 2.34. The Bertz CT molecular complexity index is 1220. The second-order valence-electron chi connectivity index (χ2n) is 6.89. The molecular formula is C22H17F2N3O3S. The van der Waals surface area contributed by atoms with Crippen LogP contribution >= 0.6 is 11.8 Å². The van der Waals surface area contributed by atoms with Gasteiger partial charge in [-0.05, 0) is 47.7 Å². The van der Waals surface area contributed by atoms with E-state index in [2.05, 4.69) is 10.3 Å². The van der Waals surface area contributed by atoms with Crippen molar-refractivity contribution in [1.29, 1.82) is 0 Å². The number of benzene rings is 2. The molecule has 2 N–H and O–H groups in total. The van der Waals surface area contributed by atoms with Crippen molar-refractivity contribution in [2.75, 3.05) is 13.1 Å². The number of halogens is 2. The molecule has 3 amide bonds. The molecule has 0 spiro atoms. The lowest BCUT2D eigenvalue weighted by atomic mass is 10.1. The van der Waals surface area contributed by atoms with Crippen LogP contribution in [-0.2, 0) is 16.0 Å². The Hall–Kier alpha value is -3.46. The highest BCUT2D eigenvalue weighted by molar-refractivity contribution is 8.18. The van der Waals surface area contributed by atoms with Gasteiger partial charge in [-0.1, -0.05) is 18.2 Å². The molecule has 1 aromatic heterocycles. The lowest BCUT2D eigenvalue weighted by Gasteiger charge is -2.13. The Morgan fingerprint density at radius 1 is 1.16 bits per heavy atom. The fourth-order valence-corrected chi connectivity index (χ4v) is 4.12. The van der Waals surface area contributed by atoms with Gasteiger partial charge in [0.05, 0.1) is 11.3 Å². The maximum Gasteiger partial charge on any atom is 0.293 e. The second kappa shape index (κ2) is 8.73. The summed E-state index contributed by atoms with van der Waals surface area (Å²) in [6.07, 6.45) is 3.02. The van der Waals surface area contributed by atoms with Gasteiger partial charge in [-0.25, -0.2) is 8.78 Å². The number of thioether (sulfide) groups is 1. The van der Waals surface area contributed by atoms with Crippen LogP contribution in [0.4, 0.5) is 13.6 Å². The van der Waals surface area contributed by atoms with E-state index in [1.165, 1.54) is 36.4 Å². The van der Waals surface area contributed by atoms with Crippen LogP contribution in [0.1, 0.15) is 11.1 Å². The molecule has 4 rings (SSSR count). The normalized spacial score (nSPS) is 15.3. The zero-order valence-corrected chi connectivity index (χ0v) is 17.0. The Balaban J connectivity index is 1.34. The van der Waals surface area contributed by atoms with E-state index in [0.29, 0.717) is 10.9 Å². The molecule has 0 atom stereocenters. The second-order valence-corrected chi connectivity index (χ2v) is 7.88. The van der Waals surface area contributed by atoms with Gasteiger partial charge in [-0.3, -0.25) is 19.3 Å². The maximum atomic E-state index is 13.8. The van der Waals surface area contributed by atoms with E-state index in [9.17, 15) is 23.2 Å². The molecule has 31 heavy (non-hydrogen) atoms. The van der Waals surface area contributed by atoms with Crippen LogP contribution in [0.3, 0.4) is 0 Å². The first-order valence-electron chi connectivity index (χ1n) is 9.44. The number of carbonyl (C=O) groups is 3. The Labute approximate surface area is 180 Å². The Kier molecular flexibility index (Phi) is 5.85. The van der Waals surface area contributed by atoms with E-state index in [0.717, 1.165) is 22.2 Å². The molecule has 2 aromatic carbocycles. The van der Waals surface area contributed by atoms with E-state index < -0.39 is 22.8 Å². The minimum absolute atomic E-state index is 0.00642. The van der Waals surface area contributed by atoms with E-state index >= 15 is 0 Å². The number of rotatable bonds is 6. The molecule has 1 aliphatic rings. The number of hydrogen-bond acceptors (Lipinski definition) is 4. The molecule has 158 valence electrons. The number of H-pyrrole nitrogens is 1. The monoisotopic (exact) mass is 441 g/mol. The number of imide groups is 1. The number of amides is 3. The van der Waals surface area contributed by atoms with Crippen molar-refractivity contribution in [3.63, 3.8) is 0 Å². The lowest BCUT2D eigenvalue weighted by molar-refractivity contribution is -0.124. The Morgan fingerprint density at radius 3 is 2.77 bits per heavy atom. The molecule has 0 aliphatic carbocycles. The third kappa shape index (κ3) is 4.51. The number of aromatic nitrogens is 1. The predicted octanol–water partition coefficient (Wildman–Crippen LogP) is 3.84. The van der Waals surface area contributed by atoms with Crippen LogP contribution in [0.2, 0.25) is 0 Å². The van der Waals surface area contributed by atoms with Crippen LogP contribution in [-0.4, -0.2) is 40.0 Å². The number of aromatic amines is 1. The third-order valence-corrected chi connectivity index (χ3v) is 5.71. The van der Waals surface area contributed by atoms with Crippen LogP contribution in [0.25, 0.3) is 17.0 Å². The molecule has 9 heteroatoms. The SMILES string of the molecule is O=C(Cc1c[nH]c2ccc(F)cc12)NCCN1C(=O)SC(=Cc2ccccc2F)C1=O. The summed E-state index contributed by atoms with van der Waals surface area (Å²) >= 11 is 0.730. The lowest BCUT2D eigenvalue weighted by Crippen LogP contribution is -2.37. The third-order valence-electron chi connectivity index (χ3n) is 4.80. The van der Waals surface area contributed by atoms with Gasteiger partial charge < -0.3 is 10.3 Å². The molecule has 0 bridgehead atoms. The molecule has 6 nitrogen and oxygen atoms in total. The van der Waals surface area contributed by atoms with Gasteiger partial charge in [0.1, 0.15) is 11.6 Å². The average molecular weight is 441 g/mol. The van der Waals surface area contributed by atoms with Crippen molar-refractivity contribution in [2.24, 2.45) is 0 Å². The first-order chi connectivity index (χ1) is 14.9. The molecule has 0 saturated carbocycles. The quantitative estimate of drug-likeness (QED) is 0.570. The van der Waals surface area contributed by atoms with Crippen LogP contribution in [0.5, 0.6) is 0 Å². The topological polar surface area (TPSA) is 82.3 Å². The minimum atomic E-state index is -0.528. The van der Waals surface area contributed by atoms with Gasteiger partial charge in [-0.15, -0.1) is 0 Å². The summed E-state index contributed by atoms with van der Waals surface area (Å²) in [7, 11) is 0. The van der Waals surface area contributed by atoms with E-state index in [1.54, 1.807) is 18.3 Å². The first-order valence-corrected chi connectivity index (χ1v) is 10.3. The van der Waals surface area contributed by atoms with Crippen molar-refractivity contribution in [3.8, 4) is 0 Å². The van der Waals surface area contributed by atoms with Gasteiger partial charge in [0.15, 0.2) is 0 Å².